The minimum atomic E-state index is -1.69. The summed E-state index contributed by atoms with van der Waals surface area (Å²) in [4.78, 5) is 50.3. The highest BCUT2D eigenvalue weighted by Crippen LogP contribution is 2.51. The van der Waals surface area contributed by atoms with Crippen LogP contribution in [0.5, 0.6) is 0 Å². The Morgan fingerprint density at radius 1 is 0.944 bits per heavy atom. The summed E-state index contributed by atoms with van der Waals surface area (Å²) in [7, 11) is 0. The van der Waals surface area contributed by atoms with Gasteiger partial charge in [-0.15, -0.1) is 0 Å². The van der Waals surface area contributed by atoms with Crippen molar-refractivity contribution in [3.05, 3.63) is 99.8 Å². The minimum Gasteiger partial charge on any atom is -0.335 e. The standard InChI is InChI=1S/C29H24BrN3O3/c1-15(2)24-22(16-8-7-9-17(30)14-16)23(25(34)28-31-20-12-5-6-13-21(20)32-28)29(33-24)26(35)18-10-3-4-11-19(18)27(29)36/h3-15,22-24,33H,1-2H3,(H,31,32). The third-order valence-corrected chi connectivity index (χ3v) is 8.09. The van der Waals surface area contributed by atoms with E-state index >= 15 is 0 Å². The molecule has 3 aromatic carbocycles. The first-order chi connectivity index (χ1) is 17.3. The van der Waals surface area contributed by atoms with Gasteiger partial charge in [0.1, 0.15) is 0 Å². The lowest BCUT2D eigenvalue weighted by molar-refractivity contribution is 0.0652. The van der Waals surface area contributed by atoms with Crippen LogP contribution in [0.15, 0.2) is 77.3 Å². The Labute approximate surface area is 216 Å². The number of aromatic nitrogens is 2. The first kappa shape index (κ1) is 23.0. The van der Waals surface area contributed by atoms with Crippen molar-refractivity contribution < 1.29 is 14.4 Å². The second-order valence-electron chi connectivity index (χ2n) is 9.95. The van der Waals surface area contributed by atoms with Gasteiger partial charge in [0.15, 0.2) is 22.9 Å². The van der Waals surface area contributed by atoms with Gasteiger partial charge in [0.05, 0.1) is 17.0 Å². The number of nitrogens with one attached hydrogen (secondary N) is 2. The molecular weight excluding hydrogens is 518 g/mol. The van der Waals surface area contributed by atoms with Crippen molar-refractivity contribution in [1.29, 1.82) is 0 Å². The van der Waals surface area contributed by atoms with E-state index in [1.165, 1.54) is 0 Å². The molecule has 4 aromatic rings. The van der Waals surface area contributed by atoms with Crippen molar-refractivity contribution in [2.75, 3.05) is 0 Å². The molecule has 180 valence electrons. The summed E-state index contributed by atoms with van der Waals surface area (Å²) < 4.78 is 0.866. The Morgan fingerprint density at radius 3 is 2.25 bits per heavy atom. The average Bonchev–Trinajstić information content (AvgIpc) is 3.53. The van der Waals surface area contributed by atoms with Crippen LogP contribution in [-0.4, -0.2) is 38.9 Å². The van der Waals surface area contributed by atoms with Gasteiger partial charge in [-0.2, -0.15) is 0 Å². The molecule has 7 heteroatoms. The molecular formula is C29H24BrN3O3. The summed E-state index contributed by atoms with van der Waals surface area (Å²) in [6.45, 7) is 4.09. The molecule has 3 unspecified atom stereocenters. The van der Waals surface area contributed by atoms with Crippen LogP contribution < -0.4 is 5.32 Å². The van der Waals surface area contributed by atoms with E-state index in [4.69, 9.17) is 0 Å². The van der Waals surface area contributed by atoms with Crippen LogP contribution in [-0.2, 0) is 0 Å². The second kappa shape index (κ2) is 8.32. The molecule has 1 aliphatic carbocycles. The monoisotopic (exact) mass is 541 g/mol. The Kier molecular flexibility index (Phi) is 5.32. The number of halogens is 1. The van der Waals surface area contributed by atoms with Gasteiger partial charge in [0, 0.05) is 27.6 Å². The van der Waals surface area contributed by atoms with Crippen molar-refractivity contribution in [3.8, 4) is 0 Å². The first-order valence-electron chi connectivity index (χ1n) is 12.0. The average molecular weight is 542 g/mol. The smallest absolute Gasteiger partial charge is 0.204 e. The van der Waals surface area contributed by atoms with Crippen LogP contribution in [0.1, 0.15) is 56.7 Å². The Bertz CT molecular complexity index is 1490. The number of Topliss-reactive ketones (excluding diaryl/α,β-unsaturated/α-hetero) is 3. The second-order valence-corrected chi connectivity index (χ2v) is 10.9. The van der Waals surface area contributed by atoms with E-state index in [1.807, 2.05) is 62.4 Å². The largest absolute Gasteiger partial charge is 0.335 e. The van der Waals surface area contributed by atoms with Crippen LogP contribution in [0, 0.1) is 11.8 Å². The highest BCUT2D eigenvalue weighted by molar-refractivity contribution is 9.10. The van der Waals surface area contributed by atoms with E-state index < -0.39 is 17.4 Å². The van der Waals surface area contributed by atoms with Crippen LogP contribution in [0.2, 0.25) is 0 Å². The maximum atomic E-state index is 14.4. The van der Waals surface area contributed by atoms with Crippen molar-refractivity contribution in [2.45, 2.75) is 31.3 Å². The number of benzene rings is 3. The summed E-state index contributed by atoms with van der Waals surface area (Å²) >= 11 is 3.56. The Morgan fingerprint density at radius 2 is 1.61 bits per heavy atom. The molecule has 6 nitrogen and oxygen atoms in total. The topological polar surface area (TPSA) is 91.9 Å². The number of carbonyl (C=O) groups is 3. The van der Waals surface area contributed by atoms with Crippen molar-refractivity contribution >= 4 is 44.3 Å². The lowest BCUT2D eigenvalue weighted by Gasteiger charge is -2.29. The van der Waals surface area contributed by atoms with E-state index in [2.05, 4.69) is 31.2 Å². The van der Waals surface area contributed by atoms with E-state index in [0.29, 0.717) is 16.6 Å². The lowest BCUT2D eigenvalue weighted by Crippen LogP contribution is -2.58. The van der Waals surface area contributed by atoms with Crippen LogP contribution in [0.3, 0.4) is 0 Å². The SMILES string of the molecule is CC(C)C1NC2(C(=O)c3ccccc3C2=O)C(C(=O)c2nc3ccccc3[nH]2)C1c1cccc(Br)c1. The normalized spacial score (nSPS) is 22.6. The van der Waals surface area contributed by atoms with Gasteiger partial charge in [0.25, 0.3) is 0 Å². The van der Waals surface area contributed by atoms with Crippen molar-refractivity contribution in [2.24, 2.45) is 11.8 Å². The van der Waals surface area contributed by atoms with Gasteiger partial charge >= 0.3 is 0 Å². The number of ketones is 3. The number of hydrogen-bond donors (Lipinski definition) is 2. The van der Waals surface area contributed by atoms with Gasteiger partial charge in [-0.25, -0.2) is 4.98 Å². The number of imidazole rings is 1. The van der Waals surface area contributed by atoms with Gasteiger partial charge in [0.2, 0.25) is 5.78 Å². The van der Waals surface area contributed by atoms with Gasteiger partial charge in [-0.05, 0) is 35.7 Å². The summed E-state index contributed by atoms with van der Waals surface area (Å²) in [6.07, 6.45) is 0. The predicted octanol–water partition coefficient (Wildman–Crippen LogP) is 5.35. The molecule has 0 radical (unpaired) electrons. The van der Waals surface area contributed by atoms with Crippen LogP contribution in [0.4, 0.5) is 0 Å². The zero-order valence-corrected chi connectivity index (χ0v) is 21.4. The third-order valence-electron chi connectivity index (χ3n) is 7.60. The Balaban J connectivity index is 1.60. The van der Waals surface area contributed by atoms with E-state index in [1.54, 1.807) is 24.3 Å². The summed E-state index contributed by atoms with van der Waals surface area (Å²) in [5.41, 5.74) is 1.30. The first-order valence-corrected chi connectivity index (χ1v) is 12.8. The molecule has 1 aromatic heterocycles. The Hall–Kier alpha value is -3.42. The van der Waals surface area contributed by atoms with E-state index in [9.17, 15) is 14.4 Å². The lowest BCUT2D eigenvalue weighted by atomic mass is 9.70. The number of hydrogen-bond acceptors (Lipinski definition) is 5. The highest BCUT2D eigenvalue weighted by atomic mass is 79.9. The summed E-state index contributed by atoms with van der Waals surface area (Å²) in [6, 6.07) is 21.7. The van der Waals surface area contributed by atoms with E-state index in [-0.39, 0.29) is 35.1 Å². The van der Waals surface area contributed by atoms with Gasteiger partial charge in [-0.1, -0.05) is 78.3 Å². The zero-order chi connectivity index (χ0) is 25.2. The molecule has 1 saturated heterocycles. The summed E-state index contributed by atoms with van der Waals surface area (Å²) in [5, 5.41) is 3.44. The molecule has 2 aliphatic rings. The minimum absolute atomic E-state index is 0.0450. The van der Waals surface area contributed by atoms with Gasteiger partial charge in [-0.3, -0.25) is 19.7 Å². The molecule has 0 saturated carbocycles. The number of aromatic amines is 1. The quantitative estimate of drug-likeness (QED) is 0.268. The maximum Gasteiger partial charge on any atom is 0.204 e. The molecule has 2 N–H and O–H groups in total. The van der Waals surface area contributed by atoms with Crippen molar-refractivity contribution in [3.63, 3.8) is 0 Å². The van der Waals surface area contributed by atoms with Gasteiger partial charge < -0.3 is 4.98 Å². The van der Waals surface area contributed by atoms with Crippen LogP contribution >= 0.6 is 15.9 Å². The number of H-pyrrole nitrogens is 1. The highest BCUT2D eigenvalue weighted by Gasteiger charge is 2.68. The molecule has 0 amide bonds. The molecule has 3 atom stereocenters. The number of nitrogens with zero attached hydrogens (tertiary/aromatic N) is 1. The molecule has 0 bridgehead atoms. The van der Waals surface area contributed by atoms with Crippen molar-refractivity contribution in [1.82, 2.24) is 15.3 Å². The van der Waals surface area contributed by atoms with Crippen LogP contribution in [0.25, 0.3) is 11.0 Å². The van der Waals surface area contributed by atoms with E-state index in [0.717, 1.165) is 15.6 Å². The molecule has 1 fully saturated rings. The maximum absolute atomic E-state index is 14.4. The number of rotatable bonds is 4. The molecule has 36 heavy (non-hydrogen) atoms. The fraction of sp³-hybridized carbons (Fsp3) is 0.241. The fourth-order valence-electron chi connectivity index (χ4n) is 6.01. The number of carbonyl (C=O) groups excluding carboxylic acids is 3. The molecule has 6 rings (SSSR count). The number of para-hydroxylation sites is 2. The predicted molar refractivity (Wildman–Crippen MR) is 140 cm³/mol. The zero-order valence-electron chi connectivity index (χ0n) is 19.8. The molecule has 2 heterocycles. The third kappa shape index (κ3) is 3.19. The molecule has 1 aliphatic heterocycles. The fourth-order valence-corrected chi connectivity index (χ4v) is 6.43. The molecule has 1 spiro atoms. The number of fused-ring (bicyclic) bond motifs is 2. The summed E-state index contributed by atoms with van der Waals surface area (Å²) in [5.74, 6) is -2.24.